The number of nitrogens with one attached hydrogen (secondary N) is 2. The van der Waals surface area contributed by atoms with Crippen LogP contribution >= 0.6 is 0 Å². The molecule has 32 heavy (non-hydrogen) atoms. The van der Waals surface area contributed by atoms with Crippen LogP contribution in [0.15, 0.2) is 47.5 Å². The van der Waals surface area contributed by atoms with E-state index in [9.17, 15) is 4.79 Å². The number of carbonyl (C=O) groups is 1. The fraction of sp³-hybridized carbons (Fsp3) is 0.440. The van der Waals surface area contributed by atoms with Crippen molar-refractivity contribution in [3.63, 3.8) is 0 Å². The van der Waals surface area contributed by atoms with E-state index in [0.29, 0.717) is 32.3 Å². The molecule has 0 atom stereocenters. The predicted octanol–water partition coefficient (Wildman–Crippen LogP) is 3.05. The first-order valence-corrected chi connectivity index (χ1v) is 11.2. The monoisotopic (exact) mass is 438 g/mol. The van der Waals surface area contributed by atoms with Gasteiger partial charge >= 0.3 is 0 Å². The second kappa shape index (κ2) is 12.1. The summed E-state index contributed by atoms with van der Waals surface area (Å²) in [7, 11) is 1.70. The maximum absolute atomic E-state index is 12.9. The van der Waals surface area contributed by atoms with Crippen LogP contribution in [0, 0.1) is 6.92 Å². The summed E-state index contributed by atoms with van der Waals surface area (Å²) in [5, 5.41) is 6.43. The lowest BCUT2D eigenvalue weighted by Gasteiger charge is -2.29. The number of hydrogen-bond acceptors (Lipinski definition) is 4. The first-order chi connectivity index (χ1) is 15.6. The zero-order valence-corrected chi connectivity index (χ0v) is 19.3. The van der Waals surface area contributed by atoms with E-state index < -0.39 is 0 Å². The summed E-state index contributed by atoms with van der Waals surface area (Å²) in [5.41, 5.74) is 4.40. The van der Waals surface area contributed by atoms with Crippen LogP contribution in [0.25, 0.3) is 0 Å². The van der Waals surface area contributed by atoms with Gasteiger partial charge in [-0.05, 0) is 49.9 Å². The lowest BCUT2D eigenvalue weighted by molar-refractivity contribution is -0.117. The average Bonchev–Trinajstić information content (AvgIpc) is 2.82. The lowest BCUT2D eigenvalue weighted by atomic mass is 10.0. The van der Waals surface area contributed by atoms with Crippen molar-refractivity contribution in [1.82, 2.24) is 10.6 Å². The summed E-state index contributed by atoms with van der Waals surface area (Å²) >= 11 is 0. The second-order valence-electron chi connectivity index (χ2n) is 7.71. The Balaban J connectivity index is 1.54. The van der Waals surface area contributed by atoms with E-state index in [2.05, 4.69) is 27.8 Å². The molecule has 1 aliphatic rings. The van der Waals surface area contributed by atoms with Crippen LogP contribution in [0.1, 0.15) is 30.0 Å². The summed E-state index contributed by atoms with van der Waals surface area (Å²) in [5.74, 6) is 1.44. The number of fused-ring (bicyclic) bond motifs is 1. The quantitative estimate of drug-likeness (QED) is 0.358. The topological polar surface area (TPSA) is 75.2 Å². The number of nitrogens with zero attached hydrogens (tertiary/aromatic N) is 2. The molecule has 3 rings (SSSR count). The van der Waals surface area contributed by atoms with Crippen LogP contribution in [0.2, 0.25) is 0 Å². The predicted molar refractivity (Wildman–Crippen MR) is 128 cm³/mol. The van der Waals surface area contributed by atoms with Gasteiger partial charge < -0.3 is 25.0 Å². The molecule has 7 nitrogen and oxygen atoms in total. The van der Waals surface area contributed by atoms with Gasteiger partial charge in [-0.3, -0.25) is 9.79 Å². The summed E-state index contributed by atoms with van der Waals surface area (Å²) in [6.07, 6.45) is 2.00. The number of amides is 1. The number of anilines is 1. The molecule has 0 aliphatic carbocycles. The highest BCUT2D eigenvalue weighted by atomic mass is 16.5. The Morgan fingerprint density at radius 2 is 2.00 bits per heavy atom. The highest BCUT2D eigenvalue weighted by molar-refractivity contribution is 5.98. The van der Waals surface area contributed by atoms with Crippen LogP contribution < -0.4 is 20.3 Å². The van der Waals surface area contributed by atoms with Crippen molar-refractivity contribution in [2.45, 2.75) is 33.2 Å². The van der Waals surface area contributed by atoms with Crippen LogP contribution in [-0.4, -0.2) is 51.8 Å². The van der Waals surface area contributed by atoms with Crippen LogP contribution in [0.4, 0.5) is 5.69 Å². The molecule has 172 valence electrons. The van der Waals surface area contributed by atoms with Gasteiger partial charge in [0.15, 0.2) is 5.96 Å². The van der Waals surface area contributed by atoms with Gasteiger partial charge in [-0.2, -0.15) is 0 Å². The molecule has 2 N–H and O–H groups in total. The minimum Gasteiger partial charge on any atom is -0.491 e. The van der Waals surface area contributed by atoms with E-state index in [0.717, 1.165) is 42.0 Å². The average molecular weight is 439 g/mol. The van der Waals surface area contributed by atoms with Crippen molar-refractivity contribution in [1.29, 1.82) is 0 Å². The van der Waals surface area contributed by atoms with Crippen LogP contribution in [0.3, 0.4) is 0 Å². The third-order valence-corrected chi connectivity index (χ3v) is 5.40. The zero-order chi connectivity index (χ0) is 22.8. The molecule has 2 aromatic rings. The van der Waals surface area contributed by atoms with E-state index in [1.165, 1.54) is 5.56 Å². The molecule has 0 fully saturated rings. The molecule has 7 heteroatoms. The van der Waals surface area contributed by atoms with Crippen molar-refractivity contribution in [3.05, 3.63) is 59.2 Å². The SMILES string of the molecule is CCOCCOc1cc(C)ccc1CNC(=NC)NCC(=O)N1CCCc2ccccc21. The van der Waals surface area contributed by atoms with Crippen molar-refractivity contribution in [2.75, 3.05) is 44.9 Å². The molecule has 0 unspecified atom stereocenters. The van der Waals surface area contributed by atoms with E-state index >= 15 is 0 Å². The van der Waals surface area contributed by atoms with E-state index in [4.69, 9.17) is 9.47 Å². The third kappa shape index (κ3) is 6.47. The molecule has 0 saturated carbocycles. The molecule has 0 bridgehead atoms. The molecule has 0 radical (unpaired) electrons. The largest absolute Gasteiger partial charge is 0.491 e. The lowest BCUT2D eigenvalue weighted by Crippen LogP contribution is -2.45. The van der Waals surface area contributed by atoms with E-state index in [1.54, 1.807) is 7.05 Å². The van der Waals surface area contributed by atoms with Crippen LogP contribution in [-0.2, 0) is 22.5 Å². The van der Waals surface area contributed by atoms with E-state index in [-0.39, 0.29) is 12.5 Å². The fourth-order valence-electron chi connectivity index (χ4n) is 3.74. The van der Waals surface area contributed by atoms with Gasteiger partial charge in [0.2, 0.25) is 5.91 Å². The Bertz CT molecular complexity index is 929. The highest BCUT2D eigenvalue weighted by Crippen LogP contribution is 2.26. The third-order valence-electron chi connectivity index (χ3n) is 5.40. The minimum absolute atomic E-state index is 0.0374. The van der Waals surface area contributed by atoms with Gasteiger partial charge in [-0.1, -0.05) is 30.3 Å². The number of para-hydroxylation sites is 1. The number of guanidine groups is 1. The molecule has 1 aliphatic heterocycles. The van der Waals surface area contributed by atoms with Crippen molar-refractivity contribution in [2.24, 2.45) is 4.99 Å². The van der Waals surface area contributed by atoms with Crippen molar-refractivity contribution in [3.8, 4) is 5.75 Å². The minimum atomic E-state index is 0.0374. The summed E-state index contributed by atoms with van der Waals surface area (Å²) in [6.45, 7) is 7.20. The molecule has 1 amide bonds. The van der Waals surface area contributed by atoms with Gasteiger partial charge in [0, 0.05) is 38.0 Å². The maximum Gasteiger partial charge on any atom is 0.246 e. The molecular weight excluding hydrogens is 404 g/mol. The second-order valence-corrected chi connectivity index (χ2v) is 7.71. The number of aliphatic imine (C=N–C) groups is 1. The normalized spacial score (nSPS) is 13.5. The molecule has 0 saturated heterocycles. The molecular formula is C25H34N4O3. The molecule has 0 spiro atoms. The van der Waals surface area contributed by atoms with Gasteiger partial charge in [-0.25, -0.2) is 0 Å². The first-order valence-electron chi connectivity index (χ1n) is 11.2. The standard InChI is InChI=1S/C25H34N4O3/c1-4-31-14-15-32-23-16-19(2)11-12-21(23)17-27-25(26-3)28-18-24(30)29-13-7-9-20-8-5-6-10-22(20)29/h5-6,8,10-12,16H,4,7,9,13-15,17-18H2,1-3H3,(H2,26,27,28). The summed E-state index contributed by atoms with van der Waals surface area (Å²) in [6, 6.07) is 14.2. The fourth-order valence-corrected chi connectivity index (χ4v) is 3.74. The Hall–Kier alpha value is -3.06. The Labute approximate surface area is 190 Å². The molecule has 1 heterocycles. The smallest absolute Gasteiger partial charge is 0.246 e. The maximum atomic E-state index is 12.9. The summed E-state index contributed by atoms with van der Waals surface area (Å²) in [4.78, 5) is 19.0. The number of hydrogen-bond donors (Lipinski definition) is 2. The molecule has 0 aromatic heterocycles. The Kier molecular flexibility index (Phi) is 8.92. The highest BCUT2D eigenvalue weighted by Gasteiger charge is 2.22. The van der Waals surface area contributed by atoms with Gasteiger partial charge in [0.1, 0.15) is 12.4 Å². The number of ether oxygens (including phenoxy) is 2. The molecule has 2 aromatic carbocycles. The van der Waals surface area contributed by atoms with Crippen molar-refractivity contribution < 1.29 is 14.3 Å². The number of benzene rings is 2. The van der Waals surface area contributed by atoms with Crippen LogP contribution in [0.5, 0.6) is 5.75 Å². The van der Waals surface area contributed by atoms with Gasteiger partial charge in [-0.15, -0.1) is 0 Å². The number of aryl methyl sites for hydroxylation is 2. The summed E-state index contributed by atoms with van der Waals surface area (Å²) < 4.78 is 11.3. The zero-order valence-electron chi connectivity index (χ0n) is 19.3. The Morgan fingerprint density at radius 3 is 2.81 bits per heavy atom. The van der Waals surface area contributed by atoms with Gasteiger partial charge in [0.05, 0.1) is 13.2 Å². The Morgan fingerprint density at radius 1 is 1.16 bits per heavy atom. The number of rotatable bonds is 9. The first kappa shape index (κ1) is 23.6. The van der Waals surface area contributed by atoms with Gasteiger partial charge in [0.25, 0.3) is 0 Å². The number of carbonyl (C=O) groups excluding carboxylic acids is 1. The van der Waals surface area contributed by atoms with Crippen molar-refractivity contribution >= 4 is 17.6 Å². The van der Waals surface area contributed by atoms with E-state index in [1.807, 2.05) is 49.1 Å².